The smallest absolute Gasteiger partial charge is 0.241 e. The molecule has 0 saturated heterocycles. The molecule has 0 fully saturated rings. The monoisotopic (exact) mass is 276 g/mol. The zero-order chi connectivity index (χ0) is 12.8. The molecule has 0 aliphatic carbocycles. The Morgan fingerprint density at radius 3 is 2.94 bits per heavy atom. The van der Waals surface area contributed by atoms with Gasteiger partial charge < -0.3 is 11.1 Å². The summed E-state index contributed by atoms with van der Waals surface area (Å²) in [6, 6.07) is 3.44. The number of carbonyl (C=O) groups excluding carboxylic acids is 1. The number of halogens is 2. The van der Waals surface area contributed by atoms with E-state index in [1.807, 2.05) is 6.26 Å². The number of nitrogens with one attached hydrogen (secondary N) is 1. The minimum absolute atomic E-state index is 0.0963. The summed E-state index contributed by atoms with van der Waals surface area (Å²) in [5, 5.41) is 2.72. The van der Waals surface area contributed by atoms with Crippen molar-refractivity contribution in [3.05, 3.63) is 29.0 Å². The molecule has 1 aromatic carbocycles. The number of amides is 1. The molecule has 0 spiro atoms. The fraction of sp³-hybridized carbons (Fsp3) is 0.364. The van der Waals surface area contributed by atoms with Crippen molar-refractivity contribution < 1.29 is 9.18 Å². The van der Waals surface area contributed by atoms with Crippen LogP contribution in [0.3, 0.4) is 0 Å². The second-order valence-electron chi connectivity index (χ2n) is 3.50. The van der Waals surface area contributed by atoms with E-state index in [1.165, 1.54) is 12.1 Å². The third-order valence-corrected chi connectivity index (χ3v) is 3.04. The van der Waals surface area contributed by atoms with Crippen LogP contribution in [0, 0.1) is 5.82 Å². The fourth-order valence-electron chi connectivity index (χ4n) is 1.19. The number of benzene rings is 1. The molecule has 0 unspecified atom stereocenters. The molecule has 3 nitrogen and oxygen atoms in total. The summed E-state index contributed by atoms with van der Waals surface area (Å²) in [6.07, 6.45) is 2.49. The molecule has 1 aromatic rings. The Bertz CT molecular complexity index is 403. The largest absolute Gasteiger partial charge is 0.322 e. The highest BCUT2D eigenvalue weighted by Crippen LogP contribution is 2.19. The third kappa shape index (κ3) is 4.53. The van der Waals surface area contributed by atoms with Crippen LogP contribution in [0.2, 0.25) is 5.02 Å². The normalized spacial score (nSPS) is 12.2. The van der Waals surface area contributed by atoms with Gasteiger partial charge in [-0.25, -0.2) is 4.39 Å². The number of carbonyl (C=O) groups is 1. The van der Waals surface area contributed by atoms with Gasteiger partial charge in [-0.3, -0.25) is 4.79 Å². The number of hydrogen-bond donors (Lipinski definition) is 2. The number of hydrogen-bond acceptors (Lipinski definition) is 3. The van der Waals surface area contributed by atoms with Crippen molar-refractivity contribution in [2.45, 2.75) is 12.5 Å². The van der Waals surface area contributed by atoms with E-state index in [0.29, 0.717) is 6.42 Å². The van der Waals surface area contributed by atoms with Gasteiger partial charge in [0.1, 0.15) is 5.82 Å². The number of anilines is 1. The van der Waals surface area contributed by atoms with Crippen molar-refractivity contribution in [3.63, 3.8) is 0 Å². The van der Waals surface area contributed by atoms with Crippen molar-refractivity contribution in [2.24, 2.45) is 5.73 Å². The van der Waals surface area contributed by atoms with Gasteiger partial charge in [0.15, 0.2) is 0 Å². The predicted octanol–water partition coefficient (Wildman–Crippen LogP) is 2.50. The molecule has 0 aliphatic rings. The first-order valence-corrected chi connectivity index (χ1v) is 6.82. The van der Waals surface area contributed by atoms with E-state index in [1.54, 1.807) is 11.8 Å². The van der Waals surface area contributed by atoms with Gasteiger partial charge in [0.05, 0.1) is 11.7 Å². The molecule has 94 valence electrons. The van der Waals surface area contributed by atoms with Crippen LogP contribution in [-0.4, -0.2) is 24.0 Å². The Kier molecular flexibility index (Phi) is 5.74. The summed E-state index contributed by atoms with van der Waals surface area (Å²) in [6.45, 7) is 0. The van der Waals surface area contributed by atoms with E-state index < -0.39 is 11.9 Å². The van der Waals surface area contributed by atoms with Crippen LogP contribution in [0.4, 0.5) is 10.1 Å². The number of thioether (sulfide) groups is 1. The Morgan fingerprint density at radius 2 is 2.35 bits per heavy atom. The summed E-state index contributed by atoms with van der Waals surface area (Å²) >= 11 is 7.21. The molecule has 0 bridgehead atoms. The first kappa shape index (κ1) is 14.3. The topological polar surface area (TPSA) is 55.1 Å². The lowest BCUT2D eigenvalue weighted by Crippen LogP contribution is -2.36. The van der Waals surface area contributed by atoms with Crippen LogP contribution in [0.15, 0.2) is 18.2 Å². The van der Waals surface area contributed by atoms with Crippen LogP contribution in [0.1, 0.15) is 6.42 Å². The Labute approximate surface area is 109 Å². The fourth-order valence-corrected chi connectivity index (χ4v) is 1.84. The zero-order valence-corrected chi connectivity index (χ0v) is 10.9. The molecule has 6 heteroatoms. The van der Waals surface area contributed by atoms with Gasteiger partial charge in [0.25, 0.3) is 0 Å². The second-order valence-corrected chi connectivity index (χ2v) is 4.92. The number of nitrogens with two attached hydrogens (primary N) is 1. The lowest BCUT2D eigenvalue weighted by atomic mass is 10.2. The Balaban J connectivity index is 2.61. The summed E-state index contributed by atoms with van der Waals surface area (Å²) in [7, 11) is 0. The van der Waals surface area contributed by atoms with Gasteiger partial charge in [-0.05, 0) is 36.6 Å². The maximum absolute atomic E-state index is 13.4. The molecular weight excluding hydrogens is 263 g/mol. The lowest BCUT2D eigenvalue weighted by molar-refractivity contribution is -0.117. The third-order valence-electron chi connectivity index (χ3n) is 2.16. The van der Waals surface area contributed by atoms with Crippen LogP contribution < -0.4 is 11.1 Å². The van der Waals surface area contributed by atoms with Crippen molar-refractivity contribution in [3.8, 4) is 0 Å². The minimum Gasteiger partial charge on any atom is -0.322 e. The van der Waals surface area contributed by atoms with Crippen molar-refractivity contribution in [2.75, 3.05) is 17.3 Å². The van der Waals surface area contributed by atoms with E-state index in [0.717, 1.165) is 11.8 Å². The van der Waals surface area contributed by atoms with Gasteiger partial charge in [-0.15, -0.1) is 0 Å². The Morgan fingerprint density at radius 1 is 1.65 bits per heavy atom. The quantitative estimate of drug-likeness (QED) is 0.869. The first-order chi connectivity index (χ1) is 8.04. The Hall–Kier alpha value is -0.780. The first-order valence-electron chi connectivity index (χ1n) is 5.05. The highest BCUT2D eigenvalue weighted by molar-refractivity contribution is 7.98. The van der Waals surface area contributed by atoms with Crippen LogP contribution in [-0.2, 0) is 4.79 Å². The molecule has 17 heavy (non-hydrogen) atoms. The van der Waals surface area contributed by atoms with Crippen LogP contribution in [0.25, 0.3) is 0 Å². The van der Waals surface area contributed by atoms with Gasteiger partial charge in [-0.2, -0.15) is 11.8 Å². The standard InChI is InChI=1S/C11H14ClFN2OS/c1-17-5-4-9(14)11(16)15-10-3-2-7(12)6-8(10)13/h2-3,6,9H,4-5,14H2,1H3,(H,15,16)/t9-/m0/s1. The molecule has 0 aliphatic heterocycles. The highest BCUT2D eigenvalue weighted by atomic mass is 35.5. The maximum Gasteiger partial charge on any atom is 0.241 e. The van der Waals surface area contributed by atoms with Crippen LogP contribution >= 0.6 is 23.4 Å². The van der Waals surface area contributed by atoms with Gasteiger partial charge in [0, 0.05) is 5.02 Å². The molecular formula is C11H14ClFN2OS. The van der Waals surface area contributed by atoms with Crippen LogP contribution in [0.5, 0.6) is 0 Å². The second kappa shape index (κ2) is 6.83. The predicted molar refractivity (Wildman–Crippen MR) is 71.0 cm³/mol. The molecule has 0 saturated carbocycles. The van der Waals surface area contributed by atoms with Crippen molar-refractivity contribution in [1.29, 1.82) is 0 Å². The molecule has 0 radical (unpaired) electrons. The van der Waals surface area contributed by atoms with E-state index in [9.17, 15) is 9.18 Å². The number of rotatable bonds is 5. The summed E-state index contributed by atoms with van der Waals surface area (Å²) in [5.74, 6) is -0.166. The maximum atomic E-state index is 13.4. The molecule has 3 N–H and O–H groups in total. The zero-order valence-electron chi connectivity index (χ0n) is 9.37. The molecule has 1 amide bonds. The van der Waals surface area contributed by atoms with E-state index in [4.69, 9.17) is 17.3 Å². The molecule has 0 aromatic heterocycles. The van der Waals surface area contributed by atoms with E-state index in [-0.39, 0.29) is 16.6 Å². The average Bonchev–Trinajstić information content (AvgIpc) is 2.29. The highest BCUT2D eigenvalue weighted by Gasteiger charge is 2.14. The SMILES string of the molecule is CSCC[C@H](N)C(=O)Nc1ccc(Cl)cc1F. The summed E-state index contributed by atoms with van der Waals surface area (Å²) < 4.78 is 13.4. The van der Waals surface area contributed by atoms with Gasteiger partial charge in [-0.1, -0.05) is 11.6 Å². The molecule has 1 rings (SSSR count). The van der Waals surface area contributed by atoms with Gasteiger partial charge >= 0.3 is 0 Å². The summed E-state index contributed by atoms with van der Waals surface area (Å²) in [5.41, 5.74) is 5.75. The van der Waals surface area contributed by atoms with Crippen molar-refractivity contribution >= 4 is 35.0 Å². The minimum atomic E-state index is -0.627. The average molecular weight is 277 g/mol. The lowest BCUT2D eigenvalue weighted by Gasteiger charge is -2.12. The van der Waals surface area contributed by atoms with Crippen molar-refractivity contribution in [1.82, 2.24) is 0 Å². The van der Waals surface area contributed by atoms with E-state index >= 15 is 0 Å². The molecule has 0 heterocycles. The van der Waals surface area contributed by atoms with E-state index in [2.05, 4.69) is 5.32 Å². The molecule has 1 atom stereocenters. The van der Waals surface area contributed by atoms with Gasteiger partial charge in [0.2, 0.25) is 5.91 Å². The summed E-state index contributed by atoms with van der Waals surface area (Å²) in [4.78, 5) is 11.6.